The van der Waals surface area contributed by atoms with Gasteiger partial charge < -0.3 is 14.2 Å². The maximum atomic E-state index is 12.1. The molecule has 2 aromatic carbocycles. The van der Waals surface area contributed by atoms with Crippen molar-refractivity contribution in [3.05, 3.63) is 59.7 Å². The molecule has 0 saturated carbocycles. The van der Waals surface area contributed by atoms with Crippen LogP contribution in [0.5, 0.6) is 11.5 Å². The van der Waals surface area contributed by atoms with E-state index in [0.29, 0.717) is 17.9 Å². The van der Waals surface area contributed by atoms with Gasteiger partial charge in [0.2, 0.25) is 0 Å². The molecule has 0 bridgehead atoms. The largest absolute Gasteiger partial charge is 0.494 e. The molecule has 0 fully saturated rings. The summed E-state index contributed by atoms with van der Waals surface area (Å²) < 4.78 is 15.2. The molecule has 2 rings (SSSR count). The number of methoxy groups -OCH3 is 1. The lowest BCUT2D eigenvalue weighted by molar-refractivity contribution is -0.142. The van der Waals surface area contributed by atoms with Gasteiger partial charge in [0.05, 0.1) is 19.9 Å². The number of nitrogens with zero attached hydrogens (tertiary/aromatic N) is 1. The second-order valence-electron chi connectivity index (χ2n) is 5.51. The van der Waals surface area contributed by atoms with Crippen molar-refractivity contribution in [2.75, 3.05) is 20.3 Å². The van der Waals surface area contributed by atoms with Crippen molar-refractivity contribution in [3.8, 4) is 11.5 Å². The molecule has 0 atom stereocenters. The highest BCUT2D eigenvalue weighted by Crippen LogP contribution is 2.13. The Balaban J connectivity index is 1.83. The van der Waals surface area contributed by atoms with Crippen LogP contribution in [0.15, 0.2) is 53.6 Å². The molecule has 0 unspecified atom stereocenters. The quantitative estimate of drug-likeness (QED) is 0.417. The van der Waals surface area contributed by atoms with Crippen LogP contribution in [0.25, 0.3) is 0 Å². The average Bonchev–Trinajstić information content (AvgIpc) is 2.71. The number of esters is 1. The zero-order valence-electron chi connectivity index (χ0n) is 15.3. The van der Waals surface area contributed by atoms with Crippen molar-refractivity contribution >= 4 is 18.1 Å². The Hall–Kier alpha value is -3.35. The van der Waals surface area contributed by atoms with Gasteiger partial charge in [0, 0.05) is 5.56 Å². The number of ether oxygens (including phenoxy) is 3. The van der Waals surface area contributed by atoms with Crippen LogP contribution in [0.4, 0.5) is 0 Å². The predicted molar refractivity (Wildman–Crippen MR) is 101 cm³/mol. The van der Waals surface area contributed by atoms with Crippen molar-refractivity contribution in [1.29, 1.82) is 0 Å². The second-order valence-corrected chi connectivity index (χ2v) is 5.51. The number of benzene rings is 2. The minimum absolute atomic E-state index is 0.151. The number of amides is 1. The van der Waals surface area contributed by atoms with E-state index in [0.717, 1.165) is 17.7 Å². The SMILES string of the molecule is CCCOc1ccc(C(=O)N/N=C\c2ccc(OCC(=O)OC)cc2)cc1. The van der Waals surface area contributed by atoms with Crippen LogP contribution in [0.1, 0.15) is 29.3 Å². The molecule has 0 radical (unpaired) electrons. The number of hydrogen-bond donors (Lipinski definition) is 1. The zero-order valence-corrected chi connectivity index (χ0v) is 15.3. The zero-order chi connectivity index (χ0) is 19.5. The highest BCUT2D eigenvalue weighted by atomic mass is 16.6. The van der Waals surface area contributed by atoms with Crippen LogP contribution < -0.4 is 14.9 Å². The summed E-state index contributed by atoms with van der Waals surface area (Å²) in [5, 5.41) is 3.94. The molecule has 1 N–H and O–H groups in total. The molecule has 0 spiro atoms. The first-order valence-electron chi connectivity index (χ1n) is 8.48. The number of carbonyl (C=O) groups is 2. The molecule has 142 valence electrons. The minimum Gasteiger partial charge on any atom is -0.494 e. The topological polar surface area (TPSA) is 86.2 Å². The average molecular weight is 370 g/mol. The monoisotopic (exact) mass is 370 g/mol. The molecular weight excluding hydrogens is 348 g/mol. The first-order chi connectivity index (χ1) is 13.1. The van der Waals surface area contributed by atoms with Crippen molar-refractivity contribution in [1.82, 2.24) is 5.43 Å². The Morgan fingerprint density at radius 1 is 1.00 bits per heavy atom. The van der Waals surface area contributed by atoms with Gasteiger partial charge in [-0.25, -0.2) is 10.2 Å². The Bertz CT molecular complexity index is 770. The normalized spacial score (nSPS) is 10.4. The molecule has 0 aliphatic carbocycles. The molecular formula is C20H22N2O5. The lowest BCUT2D eigenvalue weighted by atomic mass is 10.2. The van der Waals surface area contributed by atoms with Crippen molar-refractivity contribution in [2.24, 2.45) is 5.10 Å². The third kappa shape index (κ3) is 6.81. The summed E-state index contributed by atoms with van der Waals surface area (Å²) in [5.74, 6) is 0.498. The van der Waals surface area contributed by atoms with Gasteiger partial charge in [-0.1, -0.05) is 6.92 Å². The van der Waals surface area contributed by atoms with E-state index in [4.69, 9.17) is 9.47 Å². The summed E-state index contributed by atoms with van der Waals surface area (Å²) >= 11 is 0. The van der Waals surface area contributed by atoms with Gasteiger partial charge in [-0.15, -0.1) is 0 Å². The van der Waals surface area contributed by atoms with E-state index in [-0.39, 0.29) is 12.5 Å². The molecule has 0 aliphatic rings. The number of nitrogens with one attached hydrogen (secondary N) is 1. The Morgan fingerprint density at radius 3 is 2.26 bits per heavy atom. The maximum Gasteiger partial charge on any atom is 0.343 e. The third-order valence-corrected chi connectivity index (χ3v) is 3.43. The smallest absolute Gasteiger partial charge is 0.343 e. The van der Waals surface area contributed by atoms with Gasteiger partial charge in [0.25, 0.3) is 5.91 Å². The number of hydrogen-bond acceptors (Lipinski definition) is 6. The lowest BCUT2D eigenvalue weighted by Gasteiger charge is -2.05. The summed E-state index contributed by atoms with van der Waals surface area (Å²) in [6.45, 7) is 2.52. The van der Waals surface area contributed by atoms with E-state index in [9.17, 15) is 9.59 Å². The Morgan fingerprint density at radius 2 is 1.63 bits per heavy atom. The van der Waals surface area contributed by atoms with Crippen molar-refractivity contribution < 1.29 is 23.8 Å². The second kappa shape index (κ2) is 10.6. The van der Waals surface area contributed by atoms with Gasteiger partial charge in [-0.05, 0) is 60.5 Å². The molecule has 2 aromatic rings. The maximum absolute atomic E-state index is 12.1. The number of hydrazone groups is 1. The van der Waals surface area contributed by atoms with Crippen LogP contribution in [-0.2, 0) is 9.53 Å². The molecule has 7 heteroatoms. The molecule has 0 aromatic heterocycles. The summed E-state index contributed by atoms with van der Waals surface area (Å²) in [6.07, 6.45) is 2.44. The van der Waals surface area contributed by atoms with Crippen molar-refractivity contribution in [3.63, 3.8) is 0 Å². The van der Waals surface area contributed by atoms with Gasteiger partial charge in [0.15, 0.2) is 6.61 Å². The van der Waals surface area contributed by atoms with Gasteiger partial charge >= 0.3 is 5.97 Å². The molecule has 0 heterocycles. The molecule has 1 amide bonds. The van der Waals surface area contributed by atoms with E-state index in [1.807, 2.05) is 6.92 Å². The molecule has 0 saturated heterocycles. The summed E-state index contributed by atoms with van der Waals surface area (Å²) in [6, 6.07) is 13.8. The van der Waals surface area contributed by atoms with E-state index in [2.05, 4.69) is 15.3 Å². The van der Waals surface area contributed by atoms with E-state index in [1.54, 1.807) is 48.5 Å². The molecule has 7 nitrogen and oxygen atoms in total. The first kappa shape index (κ1) is 20.0. The minimum atomic E-state index is -0.451. The first-order valence-corrected chi connectivity index (χ1v) is 8.48. The van der Waals surface area contributed by atoms with Gasteiger partial charge in [-0.3, -0.25) is 4.79 Å². The standard InChI is InChI=1S/C20H22N2O5/c1-3-12-26-17-10-6-16(7-11-17)20(24)22-21-13-15-4-8-18(9-5-15)27-14-19(23)25-2/h4-11,13H,3,12,14H2,1-2H3,(H,22,24)/b21-13-. The summed E-state index contributed by atoms with van der Waals surface area (Å²) in [5.41, 5.74) is 3.73. The van der Waals surface area contributed by atoms with Crippen LogP contribution in [0.3, 0.4) is 0 Å². The fraction of sp³-hybridized carbons (Fsp3) is 0.250. The highest BCUT2D eigenvalue weighted by molar-refractivity contribution is 5.95. The predicted octanol–water partition coefficient (Wildman–Crippen LogP) is 2.79. The highest BCUT2D eigenvalue weighted by Gasteiger charge is 2.04. The fourth-order valence-corrected chi connectivity index (χ4v) is 2.00. The third-order valence-electron chi connectivity index (χ3n) is 3.43. The number of carbonyl (C=O) groups excluding carboxylic acids is 2. The van der Waals surface area contributed by atoms with Gasteiger partial charge in [0.1, 0.15) is 11.5 Å². The summed E-state index contributed by atoms with van der Waals surface area (Å²) in [4.78, 5) is 23.1. The van der Waals surface area contributed by atoms with Crippen molar-refractivity contribution in [2.45, 2.75) is 13.3 Å². The van der Waals surface area contributed by atoms with E-state index < -0.39 is 5.97 Å². The van der Waals surface area contributed by atoms with Gasteiger partial charge in [-0.2, -0.15) is 5.10 Å². The van der Waals surface area contributed by atoms with Crippen LogP contribution >= 0.6 is 0 Å². The van der Waals surface area contributed by atoms with Crippen LogP contribution in [0, 0.1) is 0 Å². The molecule has 27 heavy (non-hydrogen) atoms. The van der Waals surface area contributed by atoms with Crippen LogP contribution in [-0.4, -0.2) is 38.4 Å². The van der Waals surface area contributed by atoms with Crippen LogP contribution in [0.2, 0.25) is 0 Å². The van der Waals surface area contributed by atoms with E-state index >= 15 is 0 Å². The van der Waals surface area contributed by atoms with E-state index in [1.165, 1.54) is 13.3 Å². The fourth-order valence-electron chi connectivity index (χ4n) is 2.00. The Labute approximate surface area is 157 Å². The summed E-state index contributed by atoms with van der Waals surface area (Å²) in [7, 11) is 1.30. The molecule has 0 aliphatic heterocycles. The Kier molecular flexibility index (Phi) is 7.84. The lowest BCUT2D eigenvalue weighted by Crippen LogP contribution is -2.17. The number of rotatable bonds is 9.